The number of hydrogen-bond acceptors (Lipinski definition) is 4. The number of Topliss-reactive ketones (excluding diaryl/α,β-unsaturated/α-hetero) is 1. The maximum atomic E-state index is 14.0. The monoisotopic (exact) mass is 451 g/mol. The second-order valence-electron chi connectivity index (χ2n) is 7.49. The number of amides is 1. The first-order valence-corrected chi connectivity index (χ1v) is 10.5. The third-order valence-electron chi connectivity index (χ3n) is 5.25. The number of para-hydroxylation sites is 2. The third-order valence-corrected chi connectivity index (χ3v) is 5.25. The molecule has 34 heavy (non-hydrogen) atoms. The number of carbonyl (C=O) groups is 2. The summed E-state index contributed by atoms with van der Waals surface area (Å²) >= 11 is 0. The smallest absolute Gasteiger partial charge is 0.424 e. The summed E-state index contributed by atoms with van der Waals surface area (Å²) in [5.74, 6) is -0.381. The summed E-state index contributed by atoms with van der Waals surface area (Å²) in [6.45, 7) is 0. The Bertz CT molecular complexity index is 1360. The van der Waals surface area contributed by atoms with Gasteiger partial charge in [-0.2, -0.15) is 0 Å². The normalized spacial score (nSPS) is 13.3. The molecule has 0 aromatic heterocycles. The van der Waals surface area contributed by atoms with Crippen LogP contribution in [0.5, 0.6) is 11.5 Å². The van der Waals surface area contributed by atoms with E-state index in [-0.39, 0.29) is 28.6 Å². The molecular formula is C28H18FNO4. The van der Waals surface area contributed by atoms with Crippen LogP contribution < -0.4 is 14.4 Å². The molecule has 0 unspecified atom stereocenters. The van der Waals surface area contributed by atoms with E-state index < -0.39 is 11.9 Å². The zero-order valence-corrected chi connectivity index (χ0v) is 17.9. The Morgan fingerprint density at radius 2 is 1.44 bits per heavy atom. The summed E-state index contributed by atoms with van der Waals surface area (Å²) in [5.41, 5.74) is 1.83. The van der Waals surface area contributed by atoms with Gasteiger partial charge in [0.15, 0.2) is 5.76 Å². The second-order valence-corrected chi connectivity index (χ2v) is 7.49. The maximum absolute atomic E-state index is 14.0. The lowest BCUT2D eigenvalue weighted by Crippen LogP contribution is -2.29. The van der Waals surface area contributed by atoms with E-state index in [0.29, 0.717) is 16.9 Å². The molecule has 1 aliphatic rings. The fourth-order valence-electron chi connectivity index (χ4n) is 3.62. The van der Waals surface area contributed by atoms with Gasteiger partial charge in [-0.1, -0.05) is 54.6 Å². The Balaban J connectivity index is 1.41. The molecule has 4 aromatic rings. The number of rotatable bonds is 4. The van der Waals surface area contributed by atoms with Gasteiger partial charge < -0.3 is 9.47 Å². The lowest BCUT2D eigenvalue weighted by Gasteiger charge is -2.22. The Morgan fingerprint density at radius 3 is 2.09 bits per heavy atom. The van der Waals surface area contributed by atoms with Gasteiger partial charge in [0.25, 0.3) is 0 Å². The molecule has 0 aliphatic carbocycles. The highest BCUT2D eigenvalue weighted by Crippen LogP contribution is 2.36. The summed E-state index contributed by atoms with van der Waals surface area (Å²) in [7, 11) is 0. The van der Waals surface area contributed by atoms with Crippen molar-refractivity contribution in [1.29, 1.82) is 0 Å². The summed E-state index contributed by atoms with van der Waals surface area (Å²) in [6, 6.07) is 28.9. The largest absolute Gasteiger partial charge is 0.452 e. The van der Waals surface area contributed by atoms with Crippen molar-refractivity contribution in [2.45, 2.75) is 0 Å². The molecule has 1 amide bonds. The predicted octanol–water partition coefficient (Wildman–Crippen LogP) is 6.78. The highest BCUT2D eigenvalue weighted by Gasteiger charge is 2.29. The molecule has 0 fully saturated rings. The average Bonchev–Trinajstić information content (AvgIpc) is 3.16. The number of allylic oxidation sites excluding steroid dienone is 1. The third kappa shape index (κ3) is 4.17. The number of halogens is 1. The molecule has 0 N–H and O–H groups in total. The number of hydrogen-bond donors (Lipinski definition) is 0. The van der Waals surface area contributed by atoms with Crippen LogP contribution in [-0.2, 0) is 0 Å². The first-order valence-electron chi connectivity index (χ1n) is 10.5. The summed E-state index contributed by atoms with van der Waals surface area (Å²) < 4.78 is 25.3. The highest BCUT2D eigenvalue weighted by molar-refractivity contribution is 6.14. The van der Waals surface area contributed by atoms with Crippen LogP contribution in [0.2, 0.25) is 0 Å². The van der Waals surface area contributed by atoms with Gasteiger partial charge in [-0.25, -0.2) is 14.1 Å². The average molecular weight is 451 g/mol. The summed E-state index contributed by atoms with van der Waals surface area (Å²) in [5, 5.41) is 0. The van der Waals surface area contributed by atoms with Gasteiger partial charge in [-0.3, -0.25) is 4.79 Å². The van der Waals surface area contributed by atoms with Crippen molar-refractivity contribution in [2.24, 2.45) is 0 Å². The maximum Gasteiger partial charge on any atom is 0.424 e. The van der Waals surface area contributed by atoms with E-state index in [1.807, 2.05) is 36.4 Å². The number of fused-ring (bicyclic) bond motifs is 1. The molecule has 0 radical (unpaired) electrons. The van der Waals surface area contributed by atoms with Gasteiger partial charge in [0.2, 0.25) is 5.78 Å². The van der Waals surface area contributed by atoms with E-state index >= 15 is 0 Å². The van der Waals surface area contributed by atoms with Gasteiger partial charge in [0, 0.05) is 11.6 Å². The molecule has 5 rings (SSSR count). The number of ether oxygens (including phenoxy) is 2. The molecule has 0 bridgehead atoms. The molecule has 6 heteroatoms. The van der Waals surface area contributed by atoms with Gasteiger partial charge in [0.05, 0.1) is 16.9 Å². The molecule has 4 aromatic carbocycles. The van der Waals surface area contributed by atoms with Gasteiger partial charge >= 0.3 is 6.09 Å². The van der Waals surface area contributed by atoms with Crippen molar-refractivity contribution in [2.75, 3.05) is 4.90 Å². The number of benzene rings is 4. The summed E-state index contributed by atoms with van der Waals surface area (Å²) in [4.78, 5) is 27.3. The summed E-state index contributed by atoms with van der Waals surface area (Å²) in [6.07, 6.45) is 0.736. The lowest BCUT2D eigenvalue weighted by atomic mass is 10.1. The van der Waals surface area contributed by atoms with E-state index in [2.05, 4.69) is 0 Å². The molecule has 5 nitrogen and oxygen atoms in total. The Morgan fingerprint density at radius 1 is 0.824 bits per heavy atom. The van der Waals surface area contributed by atoms with Crippen LogP contribution in [0.15, 0.2) is 109 Å². The van der Waals surface area contributed by atoms with Crippen molar-refractivity contribution in [3.63, 3.8) is 0 Å². The number of carbonyl (C=O) groups excluding carboxylic acids is 2. The van der Waals surface area contributed by atoms with Crippen molar-refractivity contribution in [3.05, 3.63) is 126 Å². The van der Waals surface area contributed by atoms with Crippen molar-refractivity contribution in [3.8, 4) is 11.5 Å². The number of ketones is 1. The Labute approximate surface area is 195 Å². The molecule has 0 saturated heterocycles. The van der Waals surface area contributed by atoms with Crippen LogP contribution in [0.4, 0.5) is 20.6 Å². The van der Waals surface area contributed by atoms with Crippen LogP contribution in [0.25, 0.3) is 6.08 Å². The molecule has 0 atom stereocenters. The minimum atomic E-state index is -0.621. The fraction of sp³-hybridized carbons (Fsp3) is 0. The Hall–Kier alpha value is -4.71. The predicted molar refractivity (Wildman–Crippen MR) is 127 cm³/mol. The fourth-order valence-corrected chi connectivity index (χ4v) is 3.62. The van der Waals surface area contributed by atoms with E-state index in [4.69, 9.17) is 9.47 Å². The van der Waals surface area contributed by atoms with Crippen molar-refractivity contribution >= 4 is 29.3 Å². The minimum Gasteiger partial charge on any atom is -0.452 e. The van der Waals surface area contributed by atoms with E-state index in [1.54, 1.807) is 42.5 Å². The SMILES string of the molecule is O=C1/C(=C/c2ccccc2F)Oc2cc(OC(=O)N(c3ccccc3)c3ccccc3)ccc21. The molecule has 1 aliphatic heterocycles. The second kappa shape index (κ2) is 9.03. The van der Waals surface area contributed by atoms with Gasteiger partial charge in [-0.15, -0.1) is 0 Å². The molecule has 1 heterocycles. The zero-order chi connectivity index (χ0) is 23.5. The highest BCUT2D eigenvalue weighted by atomic mass is 19.1. The lowest BCUT2D eigenvalue weighted by molar-refractivity contribution is 0.101. The quantitative estimate of drug-likeness (QED) is 0.321. The van der Waals surface area contributed by atoms with Gasteiger partial charge in [-0.05, 0) is 48.5 Å². The zero-order valence-electron chi connectivity index (χ0n) is 17.9. The van der Waals surface area contributed by atoms with Crippen LogP contribution in [0, 0.1) is 5.82 Å². The van der Waals surface area contributed by atoms with Crippen LogP contribution in [0.3, 0.4) is 0 Å². The minimum absolute atomic E-state index is 0.00114. The molecule has 0 saturated carbocycles. The van der Waals surface area contributed by atoms with Crippen molar-refractivity contribution < 1.29 is 23.5 Å². The molecular weight excluding hydrogens is 433 g/mol. The number of nitrogens with zero attached hydrogens (tertiary/aromatic N) is 1. The van der Waals surface area contributed by atoms with E-state index in [9.17, 15) is 14.0 Å². The van der Waals surface area contributed by atoms with E-state index in [0.717, 1.165) is 0 Å². The molecule has 166 valence electrons. The van der Waals surface area contributed by atoms with Crippen LogP contribution in [-0.4, -0.2) is 11.9 Å². The van der Waals surface area contributed by atoms with Crippen molar-refractivity contribution in [1.82, 2.24) is 0 Å². The van der Waals surface area contributed by atoms with Crippen LogP contribution >= 0.6 is 0 Å². The number of anilines is 2. The van der Waals surface area contributed by atoms with Crippen LogP contribution in [0.1, 0.15) is 15.9 Å². The first-order chi connectivity index (χ1) is 16.6. The Kier molecular flexibility index (Phi) is 5.62. The standard InChI is InChI=1S/C28H18FNO4/c29-24-14-8-7-9-19(24)17-26-27(31)23-16-15-22(18-25(23)34-26)33-28(32)30(20-10-3-1-4-11-20)21-12-5-2-6-13-21/h1-18H/b26-17-. The molecule has 0 spiro atoms. The van der Waals surface area contributed by atoms with Gasteiger partial charge in [0.1, 0.15) is 17.3 Å². The van der Waals surface area contributed by atoms with E-state index in [1.165, 1.54) is 35.2 Å². The topological polar surface area (TPSA) is 55.8 Å². The first kappa shape index (κ1) is 21.2.